The zero-order chi connectivity index (χ0) is 24.1. The number of nitrogens with zero attached hydrogens (tertiary/aromatic N) is 2. The van der Waals surface area contributed by atoms with E-state index in [0.29, 0.717) is 11.3 Å². The van der Waals surface area contributed by atoms with Crippen LogP contribution in [-0.4, -0.2) is 55.2 Å². The molecule has 1 fully saturated rings. The van der Waals surface area contributed by atoms with Crippen molar-refractivity contribution in [2.45, 2.75) is 13.5 Å². The SMILES string of the molecule is COc1ccccc1CN1CCN(c2ccc(NC(=O)c3ccccc3C)c(C(=O)O)c2)CC1. The van der Waals surface area contributed by atoms with Gasteiger partial charge in [-0.3, -0.25) is 9.69 Å². The Labute approximate surface area is 199 Å². The maximum absolute atomic E-state index is 12.7. The Morgan fingerprint density at radius 3 is 2.35 bits per heavy atom. The third-order valence-corrected chi connectivity index (χ3v) is 6.20. The number of carbonyl (C=O) groups excluding carboxylic acids is 1. The fourth-order valence-corrected chi connectivity index (χ4v) is 4.27. The summed E-state index contributed by atoms with van der Waals surface area (Å²) in [4.78, 5) is 29.2. The Hall–Kier alpha value is -3.84. The lowest BCUT2D eigenvalue weighted by molar-refractivity contribution is 0.0698. The number of nitrogens with one attached hydrogen (secondary N) is 1. The van der Waals surface area contributed by atoms with Gasteiger partial charge in [0.15, 0.2) is 0 Å². The van der Waals surface area contributed by atoms with Crippen LogP contribution in [0, 0.1) is 6.92 Å². The minimum atomic E-state index is -1.07. The van der Waals surface area contributed by atoms with Gasteiger partial charge in [-0.05, 0) is 42.8 Å². The summed E-state index contributed by atoms with van der Waals surface area (Å²) in [5.41, 5.74) is 3.72. The van der Waals surface area contributed by atoms with Crippen molar-refractivity contribution in [3.63, 3.8) is 0 Å². The zero-order valence-corrected chi connectivity index (χ0v) is 19.5. The minimum absolute atomic E-state index is 0.0795. The van der Waals surface area contributed by atoms with Crippen LogP contribution in [0.5, 0.6) is 5.75 Å². The molecule has 4 rings (SSSR count). The lowest BCUT2D eigenvalue weighted by Crippen LogP contribution is -2.46. The molecular formula is C27H29N3O4. The smallest absolute Gasteiger partial charge is 0.337 e. The zero-order valence-electron chi connectivity index (χ0n) is 19.5. The topological polar surface area (TPSA) is 82.1 Å². The van der Waals surface area contributed by atoms with E-state index in [1.54, 1.807) is 31.4 Å². The maximum Gasteiger partial charge on any atom is 0.337 e. The molecule has 0 radical (unpaired) electrons. The summed E-state index contributed by atoms with van der Waals surface area (Å²) < 4.78 is 5.46. The molecule has 0 bridgehead atoms. The van der Waals surface area contributed by atoms with E-state index in [0.717, 1.165) is 55.3 Å². The van der Waals surface area contributed by atoms with E-state index in [9.17, 15) is 14.7 Å². The molecule has 3 aromatic rings. The molecule has 1 heterocycles. The number of para-hydroxylation sites is 1. The number of methoxy groups -OCH3 is 1. The normalized spacial score (nSPS) is 14.0. The number of rotatable bonds is 7. The highest BCUT2D eigenvalue weighted by molar-refractivity contribution is 6.08. The monoisotopic (exact) mass is 459 g/mol. The van der Waals surface area contributed by atoms with Crippen LogP contribution in [0.25, 0.3) is 0 Å². The fourth-order valence-electron chi connectivity index (χ4n) is 4.27. The Bertz CT molecular complexity index is 1190. The van der Waals surface area contributed by atoms with E-state index in [1.165, 1.54) is 0 Å². The number of hydrogen-bond acceptors (Lipinski definition) is 5. The second-order valence-corrected chi connectivity index (χ2v) is 8.38. The molecule has 0 atom stereocenters. The van der Waals surface area contributed by atoms with Gasteiger partial charge in [0, 0.05) is 49.5 Å². The number of amides is 1. The summed E-state index contributed by atoms with van der Waals surface area (Å²) in [5.74, 6) is -0.505. The largest absolute Gasteiger partial charge is 0.496 e. The number of ether oxygens (including phenoxy) is 1. The predicted molar refractivity (Wildman–Crippen MR) is 133 cm³/mol. The molecule has 7 nitrogen and oxygen atoms in total. The van der Waals surface area contributed by atoms with Gasteiger partial charge < -0.3 is 20.1 Å². The molecule has 0 unspecified atom stereocenters. The second kappa shape index (κ2) is 10.4. The van der Waals surface area contributed by atoms with Gasteiger partial charge in [0.2, 0.25) is 0 Å². The number of aromatic carboxylic acids is 1. The van der Waals surface area contributed by atoms with E-state index in [4.69, 9.17) is 4.74 Å². The molecule has 1 amide bonds. The molecule has 176 valence electrons. The molecule has 0 aliphatic carbocycles. The number of carboxylic acids is 1. The summed E-state index contributed by atoms with van der Waals surface area (Å²) in [5, 5.41) is 12.6. The van der Waals surface area contributed by atoms with Crippen molar-refractivity contribution >= 4 is 23.3 Å². The third-order valence-electron chi connectivity index (χ3n) is 6.20. The first kappa shape index (κ1) is 23.3. The van der Waals surface area contributed by atoms with E-state index in [2.05, 4.69) is 21.2 Å². The third kappa shape index (κ3) is 5.21. The summed E-state index contributed by atoms with van der Waals surface area (Å²) in [6, 6.07) is 20.4. The molecule has 7 heteroatoms. The van der Waals surface area contributed by atoms with Gasteiger partial charge in [-0.15, -0.1) is 0 Å². The molecule has 3 aromatic carbocycles. The first-order valence-corrected chi connectivity index (χ1v) is 11.3. The number of anilines is 2. The van der Waals surface area contributed by atoms with Crippen molar-refractivity contribution in [1.29, 1.82) is 0 Å². The van der Waals surface area contributed by atoms with Crippen LogP contribution in [0.15, 0.2) is 66.7 Å². The van der Waals surface area contributed by atoms with Gasteiger partial charge >= 0.3 is 5.97 Å². The average Bonchev–Trinajstić information content (AvgIpc) is 2.85. The Morgan fingerprint density at radius 2 is 1.65 bits per heavy atom. The molecule has 2 N–H and O–H groups in total. The molecule has 0 saturated carbocycles. The highest BCUT2D eigenvalue weighted by Gasteiger charge is 2.21. The molecule has 1 aliphatic heterocycles. The Morgan fingerprint density at radius 1 is 0.941 bits per heavy atom. The first-order chi connectivity index (χ1) is 16.5. The Balaban J connectivity index is 1.44. The van der Waals surface area contributed by atoms with Gasteiger partial charge in [-0.1, -0.05) is 36.4 Å². The van der Waals surface area contributed by atoms with Crippen LogP contribution < -0.4 is 15.0 Å². The number of aryl methyl sites for hydroxylation is 1. The van der Waals surface area contributed by atoms with Crippen LogP contribution in [-0.2, 0) is 6.54 Å². The minimum Gasteiger partial charge on any atom is -0.496 e. The van der Waals surface area contributed by atoms with Crippen molar-refractivity contribution in [2.24, 2.45) is 0 Å². The van der Waals surface area contributed by atoms with E-state index in [-0.39, 0.29) is 11.5 Å². The van der Waals surface area contributed by atoms with Crippen LogP contribution in [0.2, 0.25) is 0 Å². The molecule has 0 spiro atoms. The number of carbonyl (C=O) groups is 2. The molecular weight excluding hydrogens is 430 g/mol. The number of carboxylic acid groups (broad SMARTS) is 1. The van der Waals surface area contributed by atoms with Crippen molar-refractivity contribution < 1.29 is 19.4 Å². The van der Waals surface area contributed by atoms with Crippen LogP contribution in [0.3, 0.4) is 0 Å². The highest BCUT2D eigenvalue weighted by Crippen LogP contribution is 2.26. The predicted octanol–water partition coefficient (Wildman–Crippen LogP) is 4.28. The van der Waals surface area contributed by atoms with E-state index in [1.807, 2.05) is 43.3 Å². The molecule has 0 aromatic heterocycles. The lowest BCUT2D eigenvalue weighted by Gasteiger charge is -2.36. The fraction of sp³-hybridized carbons (Fsp3) is 0.259. The standard InChI is InChI=1S/C27H29N3O4/c1-19-7-3-5-9-22(19)26(31)28-24-12-11-21(17-23(24)27(32)33)30-15-13-29(14-16-30)18-20-8-4-6-10-25(20)34-2/h3-12,17H,13-16,18H2,1-2H3,(H,28,31)(H,32,33). The number of hydrogen-bond donors (Lipinski definition) is 2. The maximum atomic E-state index is 12.7. The molecule has 34 heavy (non-hydrogen) atoms. The van der Waals surface area contributed by atoms with Gasteiger partial charge in [0.1, 0.15) is 5.75 Å². The first-order valence-electron chi connectivity index (χ1n) is 11.3. The van der Waals surface area contributed by atoms with Gasteiger partial charge in [0.05, 0.1) is 18.4 Å². The van der Waals surface area contributed by atoms with Crippen molar-refractivity contribution in [3.05, 3.63) is 89.0 Å². The quantitative estimate of drug-likeness (QED) is 0.549. The highest BCUT2D eigenvalue weighted by atomic mass is 16.5. The summed E-state index contributed by atoms with van der Waals surface area (Å²) in [7, 11) is 1.68. The van der Waals surface area contributed by atoms with Crippen molar-refractivity contribution in [3.8, 4) is 5.75 Å². The van der Waals surface area contributed by atoms with Crippen LogP contribution in [0.4, 0.5) is 11.4 Å². The van der Waals surface area contributed by atoms with Crippen molar-refractivity contribution in [1.82, 2.24) is 4.90 Å². The molecule has 1 saturated heterocycles. The number of piperazine rings is 1. The van der Waals surface area contributed by atoms with Gasteiger partial charge in [-0.2, -0.15) is 0 Å². The average molecular weight is 460 g/mol. The van der Waals surface area contributed by atoms with E-state index < -0.39 is 5.97 Å². The lowest BCUT2D eigenvalue weighted by atomic mass is 10.1. The van der Waals surface area contributed by atoms with Crippen molar-refractivity contribution in [2.75, 3.05) is 43.5 Å². The van der Waals surface area contributed by atoms with Crippen LogP contribution in [0.1, 0.15) is 31.8 Å². The molecule has 1 aliphatic rings. The second-order valence-electron chi connectivity index (χ2n) is 8.38. The van der Waals surface area contributed by atoms with Gasteiger partial charge in [0.25, 0.3) is 5.91 Å². The summed E-state index contributed by atoms with van der Waals surface area (Å²) in [6.45, 7) is 5.93. The summed E-state index contributed by atoms with van der Waals surface area (Å²) >= 11 is 0. The van der Waals surface area contributed by atoms with Crippen LogP contribution >= 0.6 is 0 Å². The summed E-state index contributed by atoms with van der Waals surface area (Å²) in [6.07, 6.45) is 0. The Kier molecular flexibility index (Phi) is 7.13. The van der Waals surface area contributed by atoms with Gasteiger partial charge in [-0.25, -0.2) is 4.79 Å². The number of benzene rings is 3. The van der Waals surface area contributed by atoms with E-state index >= 15 is 0 Å².